The molecule has 0 radical (unpaired) electrons. The summed E-state index contributed by atoms with van der Waals surface area (Å²) in [7, 11) is -3.89. The Kier molecular flexibility index (Phi) is 6.33. The summed E-state index contributed by atoms with van der Waals surface area (Å²) in [5.74, 6) is -0.113. The second kappa shape index (κ2) is 9.59. The number of hydrogen-bond donors (Lipinski definition) is 1. The average molecular weight is 498 g/mol. The lowest BCUT2D eigenvalue weighted by Crippen LogP contribution is -2.40. The maximum atomic E-state index is 13.5. The number of fused-ring (bicyclic) bond motifs is 3. The van der Waals surface area contributed by atoms with Crippen LogP contribution in [0.3, 0.4) is 0 Å². The summed E-state index contributed by atoms with van der Waals surface area (Å²) in [6.07, 6.45) is 4.29. The molecule has 3 aromatic carbocycles. The molecule has 5 rings (SSSR count). The number of sulfonamides is 1. The highest BCUT2D eigenvalue weighted by Crippen LogP contribution is 2.43. The van der Waals surface area contributed by atoms with Crippen molar-refractivity contribution >= 4 is 27.3 Å². The van der Waals surface area contributed by atoms with Crippen LogP contribution in [0, 0.1) is 0 Å². The van der Waals surface area contributed by atoms with Gasteiger partial charge in [0, 0.05) is 29.2 Å². The molecule has 0 unspecified atom stereocenters. The Labute approximate surface area is 211 Å². The SMILES string of the molecule is CC(C)c1ccc2c(c1)-c1ccccc1S(=O)(=O)N2CC(=O)Nc1ccc(Cc2ccncc2)cc1. The molecule has 0 bridgehead atoms. The highest BCUT2D eigenvalue weighted by Gasteiger charge is 2.36. The molecule has 182 valence electrons. The molecule has 1 amide bonds. The fourth-order valence-corrected chi connectivity index (χ4v) is 6.10. The number of aromatic nitrogens is 1. The van der Waals surface area contributed by atoms with E-state index in [1.54, 1.807) is 30.6 Å². The number of benzene rings is 3. The predicted octanol–water partition coefficient (Wildman–Crippen LogP) is 5.61. The molecule has 0 spiro atoms. The van der Waals surface area contributed by atoms with Gasteiger partial charge in [-0.25, -0.2) is 8.42 Å². The largest absolute Gasteiger partial charge is 0.325 e. The van der Waals surface area contributed by atoms with Crippen molar-refractivity contribution in [1.29, 1.82) is 0 Å². The van der Waals surface area contributed by atoms with Gasteiger partial charge in [-0.15, -0.1) is 0 Å². The van der Waals surface area contributed by atoms with Crippen LogP contribution >= 0.6 is 0 Å². The van der Waals surface area contributed by atoms with Crippen LogP contribution in [0.4, 0.5) is 11.4 Å². The first-order valence-electron chi connectivity index (χ1n) is 11.9. The monoisotopic (exact) mass is 497 g/mol. The van der Waals surface area contributed by atoms with Crippen molar-refractivity contribution in [1.82, 2.24) is 4.98 Å². The maximum absolute atomic E-state index is 13.5. The van der Waals surface area contributed by atoms with Crippen molar-refractivity contribution in [3.05, 3.63) is 108 Å². The number of nitrogens with zero attached hydrogens (tertiary/aromatic N) is 2. The van der Waals surface area contributed by atoms with Crippen molar-refractivity contribution in [2.45, 2.75) is 31.1 Å². The molecule has 1 aliphatic rings. The van der Waals surface area contributed by atoms with Crippen LogP contribution in [-0.4, -0.2) is 25.9 Å². The van der Waals surface area contributed by atoms with Crippen LogP contribution in [0.2, 0.25) is 0 Å². The van der Waals surface area contributed by atoms with E-state index in [-0.39, 0.29) is 11.4 Å². The molecule has 0 fully saturated rings. The molecular weight excluding hydrogens is 470 g/mol. The van der Waals surface area contributed by atoms with Gasteiger partial charge in [0.15, 0.2) is 0 Å². The fraction of sp³-hybridized carbons (Fsp3) is 0.172. The molecule has 1 aliphatic heterocycles. The Bertz CT molecular complexity index is 1520. The lowest BCUT2D eigenvalue weighted by molar-refractivity contribution is -0.114. The van der Waals surface area contributed by atoms with Gasteiger partial charge in [0.25, 0.3) is 10.0 Å². The number of pyridine rings is 1. The smallest absolute Gasteiger partial charge is 0.265 e. The maximum Gasteiger partial charge on any atom is 0.265 e. The summed E-state index contributed by atoms with van der Waals surface area (Å²) in [5.41, 5.74) is 5.97. The summed E-state index contributed by atoms with van der Waals surface area (Å²) in [5, 5.41) is 2.85. The molecule has 36 heavy (non-hydrogen) atoms. The number of carbonyl (C=O) groups excluding carboxylic acids is 1. The second-order valence-electron chi connectivity index (χ2n) is 9.22. The van der Waals surface area contributed by atoms with Gasteiger partial charge in [0.2, 0.25) is 5.91 Å². The van der Waals surface area contributed by atoms with Gasteiger partial charge in [-0.3, -0.25) is 14.1 Å². The van der Waals surface area contributed by atoms with Gasteiger partial charge < -0.3 is 5.32 Å². The van der Waals surface area contributed by atoms with E-state index in [9.17, 15) is 13.2 Å². The van der Waals surface area contributed by atoms with Crippen LogP contribution in [0.15, 0.2) is 96.2 Å². The van der Waals surface area contributed by atoms with E-state index in [1.807, 2.05) is 60.7 Å². The number of amides is 1. The van der Waals surface area contributed by atoms with E-state index < -0.39 is 15.9 Å². The Morgan fingerprint density at radius 2 is 1.58 bits per heavy atom. The van der Waals surface area contributed by atoms with E-state index >= 15 is 0 Å². The van der Waals surface area contributed by atoms with Gasteiger partial charge in [-0.1, -0.05) is 50.2 Å². The Hall–Kier alpha value is -3.97. The molecule has 1 aromatic heterocycles. The zero-order valence-electron chi connectivity index (χ0n) is 20.2. The number of hydrogen-bond acceptors (Lipinski definition) is 4. The van der Waals surface area contributed by atoms with E-state index in [2.05, 4.69) is 24.1 Å². The minimum absolute atomic E-state index is 0.215. The van der Waals surface area contributed by atoms with Crippen molar-refractivity contribution < 1.29 is 13.2 Å². The van der Waals surface area contributed by atoms with Gasteiger partial charge in [0.05, 0.1) is 10.6 Å². The number of anilines is 2. The predicted molar refractivity (Wildman–Crippen MR) is 143 cm³/mol. The molecular formula is C29H27N3O3S. The van der Waals surface area contributed by atoms with E-state index in [4.69, 9.17) is 0 Å². The van der Waals surface area contributed by atoms with Gasteiger partial charge in [-0.05, 0) is 71.5 Å². The van der Waals surface area contributed by atoms with E-state index in [1.165, 1.54) is 4.31 Å². The summed E-state index contributed by atoms with van der Waals surface area (Å²) in [6.45, 7) is 3.88. The second-order valence-corrected chi connectivity index (χ2v) is 11.0. The third-order valence-electron chi connectivity index (χ3n) is 6.38. The number of rotatable bonds is 6. The first-order chi connectivity index (χ1) is 17.3. The summed E-state index contributed by atoms with van der Waals surface area (Å²) in [4.78, 5) is 17.3. The Morgan fingerprint density at radius 1 is 0.889 bits per heavy atom. The summed E-state index contributed by atoms with van der Waals surface area (Å²) >= 11 is 0. The van der Waals surface area contributed by atoms with Crippen molar-refractivity contribution in [2.75, 3.05) is 16.2 Å². The molecule has 0 saturated heterocycles. The minimum Gasteiger partial charge on any atom is -0.325 e. The lowest BCUT2D eigenvalue weighted by Gasteiger charge is -2.32. The van der Waals surface area contributed by atoms with E-state index in [0.29, 0.717) is 22.9 Å². The van der Waals surface area contributed by atoms with Crippen LogP contribution in [0.25, 0.3) is 11.1 Å². The zero-order valence-corrected chi connectivity index (χ0v) is 21.0. The third kappa shape index (κ3) is 4.62. The number of carbonyl (C=O) groups is 1. The normalized spacial score (nSPS) is 13.7. The van der Waals surface area contributed by atoms with Crippen molar-refractivity contribution in [2.24, 2.45) is 0 Å². The lowest BCUT2D eigenvalue weighted by atomic mass is 9.95. The van der Waals surface area contributed by atoms with Crippen molar-refractivity contribution in [3.8, 4) is 11.1 Å². The Morgan fingerprint density at radius 3 is 2.31 bits per heavy atom. The summed E-state index contributed by atoms with van der Waals surface area (Å²) < 4.78 is 28.3. The molecule has 0 aliphatic carbocycles. The van der Waals surface area contributed by atoms with Crippen LogP contribution in [-0.2, 0) is 21.2 Å². The molecule has 7 heteroatoms. The Balaban J connectivity index is 1.38. The van der Waals surface area contributed by atoms with Crippen LogP contribution < -0.4 is 9.62 Å². The first kappa shape index (κ1) is 23.8. The highest BCUT2D eigenvalue weighted by atomic mass is 32.2. The molecule has 1 N–H and O–H groups in total. The minimum atomic E-state index is -3.89. The standard InChI is InChI=1S/C29H27N3O3S/c1-20(2)23-9-12-27-26(18-23)25-5-3-4-6-28(25)36(34,35)32(27)19-29(33)31-24-10-7-21(8-11-24)17-22-13-15-30-16-14-22/h3-16,18,20H,17,19H2,1-2H3,(H,31,33). The molecule has 4 aromatic rings. The van der Waals surface area contributed by atoms with Gasteiger partial charge >= 0.3 is 0 Å². The number of nitrogens with one attached hydrogen (secondary N) is 1. The van der Waals surface area contributed by atoms with Gasteiger partial charge in [0.1, 0.15) is 6.54 Å². The topological polar surface area (TPSA) is 79.4 Å². The van der Waals surface area contributed by atoms with Crippen molar-refractivity contribution in [3.63, 3.8) is 0 Å². The molecule has 6 nitrogen and oxygen atoms in total. The summed E-state index contributed by atoms with van der Waals surface area (Å²) in [6, 6.07) is 24.2. The first-order valence-corrected chi connectivity index (χ1v) is 13.3. The van der Waals surface area contributed by atoms with Crippen LogP contribution in [0.1, 0.15) is 36.5 Å². The van der Waals surface area contributed by atoms with Crippen LogP contribution in [0.5, 0.6) is 0 Å². The highest BCUT2D eigenvalue weighted by molar-refractivity contribution is 7.93. The van der Waals surface area contributed by atoms with Gasteiger partial charge in [-0.2, -0.15) is 0 Å². The quantitative estimate of drug-likeness (QED) is 0.376. The molecule has 0 atom stereocenters. The fourth-order valence-electron chi connectivity index (χ4n) is 4.45. The zero-order chi connectivity index (χ0) is 25.3. The van der Waals surface area contributed by atoms with E-state index in [0.717, 1.165) is 28.7 Å². The third-order valence-corrected chi connectivity index (χ3v) is 8.20. The molecule has 0 saturated carbocycles. The average Bonchev–Trinajstić information content (AvgIpc) is 2.88. The molecule has 2 heterocycles.